The van der Waals surface area contributed by atoms with Gasteiger partial charge in [0.1, 0.15) is 5.60 Å². The van der Waals surface area contributed by atoms with Gasteiger partial charge in [-0.3, -0.25) is 4.79 Å². The fourth-order valence-corrected chi connectivity index (χ4v) is 9.21. The SMILES string of the molecule is CCOC(=O)/C=C1\CCCc2cc(S(=O)(=O)c3ccccc3)ccc21.CCOC(=O)CC1(O)CCCc2cc(S(=O)(=O)c3ccccc3)ccc21. The molecule has 51 heavy (non-hydrogen) atoms. The lowest BCUT2D eigenvalue weighted by Crippen LogP contribution is -2.34. The zero-order chi connectivity index (χ0) is 36.6. The molecular formula is C40H42O9S2. The van der Waals surface area contributed by atoms with Gasteiger partial charge in [0.15, 0.2) is 0 Å². The Morgan fingerprint density at radius 3 is 1.82 bits per heavy atom. The lowest BCUT2D eigenvalue weighted by atomic mass is 9.77. The first kappa shape index (κ1) is 37.7. The Labute approximate surface area is 299 Å². The number of aryl methyl sites for hydroxylation is 2. The Kier molecular flexibility index (Phi) is 12.0. The van der Waals surface area contributed by atoms with Crippen LogP contribution in [0.4, 0.5) is 0 Å². The zero-order valence-electron chi connectivity index (χ0n) is 28.7. The lowest BCUT2D eigenvalue weighted by molar-refractivity contribution is -0.149. The third-order valence-electron chi connectivity index (χ3n) is 8.98. The van der Waals surface area contributed by atoms with E-state index in [1.807, 2.05) is 0 Å². The van der Waals surface area contributed by atoms with Crippen LogP contribution in [0.15, 0.2) is 123 Å². The quantitative estimate of drug-likeness (QED) is 0.145. The largest absolute Gasteiger partial charge is 0.466 e. The van der Waals surface area contributed by atoms with E-state index in [2.05, 4.69) is 0 Å². The van der Waals surface area contributed by atoms with Crippen LogP contribution in [-0.4, -0.2) is 47.1 Å². The minimum atomic E-state index is -3.61. The van der Waals surface area contributed by atoms with Crippen molar-refractivity contribution in [3.63, 3.8) is 0 Å². The molecule has 9 nitrogen and oxygen atoms in total. The van der Waals surface area contributed by atoms with Crippen molar-refractivity contribution in [2.24, 2.45) is 0 Å². The number of esters is 2. The summed E-state index contributed by atoms with van der Waals surface area (Å²) in [5.74, 6) is -0.810. The molecule has 0 saturated heterocycles. The van der Waals surface area contributed by atoms with Crippen LogP contribution in [0.5, 0.6) is 0 Å². The fraction of sp³-hybridized carbons (Fsp3) is 0.300. The summed E-state index contributed by atoms with van der Waals surface area (Å²) in [6.45, 7) is 4.09. The van der Waals surface area contributed by atoms with Crippen LogP contribution in [0.3, 0.4) is 0 Å². The van der Waals surface area contributed by atoms with Gasteiger partial charge in [-0.1, -0.05) is 48.5 Å². The van der Waals surface area contributed by atoms with Crippen LogP contribution in [0.1, 0.15) is 68.2 Å². The van der Waals surface area contributed by atoms with Crippen molar-refractivity contribution in [2.45, 2.75) is 84.0 Å². The van der Waals surface area contributed by atoms with E-state index < -0.39 is 31.2 Å². The highest BCUT2D eigenvalue weighted by Gasteiger charge is 2.37. The molecule has 0 radical (unpaired) electrons. The van der Waals surface area contributed by atoms with Crippen molar-refractivity contribution in [1.82, 2.24) is 0 Å². The van der Waals surface area contributed by atoms with E-state index in [1.165, 1.54) is 12.1 Å². The van der Waals surface area contributed by atoms with Gasteiger partial charge in [0.05, 0.1) is 39.2 Å². The van der Waals surface area contributed by atoms with E-state index in [0.717, 1.165) is 41.5 Å². The molecule has 0 aromatic heterocycles. The molecule has 0 amide bonds. The minimum absolute atomic E-state index is 0.126. The molecule has 1 N–H and O–H groups in total. The van der Waals surface area contributed by atoms with E-state index in [0.29, 0.717) is 31.4 Å². The molecular weight excluding hydrogens is 689 g/mol. The molecule has 4 aromatic carbocycles. The molecule has 0 spiro atoms. The summed E-state index contributed by atoms with van der Waals surface area (Å²) in [6, 6.07) is 26.6. The summed E-state index contributed by atoms with van der Waals surface area (Å²) in [5.41, 5.74) is 2.87. The molecule has 11 heteroatoms. The number of carbonyl (C=O) groups excluding carboxylic acids is 2. The predicted octanol–water partition coefficient (Wildman–Crippen LogP) is 6.80. The maximum atomic E-state index is 12.8. The molecule has 0 saturated carbocycles. The average molecular weight is 731 g/mol. The second-order valence-electron chi connectivity index (χ2n) is 12.4. The number of ether oxygens (including phenoxy) is 2. The standard InChI is InChI=1S/C20H22O5S.C20H20O4S/c1-2-25-19(21)14-20(22)12-6-7-15-13-17(10-11-18(15)20)26(23,24)16-8-4-3-5-9-16;1-2-24-20(21)14-16-8-6-7-15-13-18(11-12-19(15)16)25(22,23)17-9-4-3-5-10-17/h3-5,8-11,13,22H,2,6-7,12,14H2,1H3;3-5,9-14H,2,6-8H2,1H3/b;16-14+. The molecule has 4 aromatic rings. The van der Waals surface area contributed by atoms with Gasteiger partial charge in [0.25, 0.3) is 0 Å². The van der Waals surface area contributed by atoms with Crippen LogP contribution in [0, 0.1) is 0 Å². The van der Waals surface area contributed by atoms with Crippen molar-refractivity contribution >= 4 is 37.2 Å². The Hall–Kier alpha value is -4.58. The van der Waals surface area contributed by atoms with Crippen LogP contribution < -0.4 is 0 Å². The van der Waals surface area contributed by atoms with E-state index in [9.17, 15) is 31.5 Å². The summed E-state index contributed by atoms with van der Waals surface area (Å²) in [6.07, 6.45) is 5.66. The number of fused-ring (bicyclic) bond motifs is 2. The highest BCUT2D eigenvalue weighted by molar-refractivity contribution is 7.91. The lowest BCUT2D eigenvalue weighted by Gasteiger charge is -2.34. The average Bonchev–Trinajstić information content (AvgIpc) is 3.12. The van der Waals surface area contributed by atoms with Gasteiger partial charge in [-0.25, -0.2) is 21.6 Å². The number of hydrogen-bond acceptors (Lipinski definition) is 9. The van der Waals surface area contributed by atoms with Gasteiger partial charge in [-0.05, 0) is 129 Å². The van der Waals surface area contributed by atoms with E-state index >= 15 is 0 Å². The van der Waals surface area contributed by atoms with Crippen LogP contribution >= 0.6 is 0 Å². The summed E-state index contributed by atoms with van der Waals surface area (Å²) in [5, 5.41) is 11.0. The van der Waals surface area contributed by atoms with Crippen molar-refractivity contribution in [1.29, 1.82) is 0 Å². The Morgan fingerprint density at radius 1 is 0.686 bits per heavy atom. The van der Waals surface area contributed by atoms with E-state index in [-0.39, 0.29) is 38.6 Å². The summed E-state index contributed by atoms with van der Waals surface area (Å²) < 4.78 is 61.1. The number of sulfone groups is 2. The second-order valence-corrected chi connectivity index (χ2v) is 16.3. The zero-order valence-corrected chi connectivity index (χ0v) is 30.3. The number of aliphatic hydroxyl groups is 1. The molecule has 2 aliphatic carbocycles. The van der Waals surface area contributed by atoms with Gasteiger partial charge >= 0.3 is 11.9 Å². The Bertz CT molecular complexity index is 2130. The van der Waals surface area contributed by atoms with Crippen LogP contribution in [0.25, 0.3) is 5.57 Å². The van der Waals surface area contributed by atoms with Crippen molar-refractivity contribution in [3.05, 3.63) is 125 Å². The number of rotatable bonds is 9. The number of allylic oxidation sites excluding steroid dienone is 1. The van der Waals surface area contributed by atoms with Crippen molar-refractivity contribution < 1.29 is 41.0 Å². The summed E-state index contributed by atoms with van der Waals surface area (Å²) in [7, 11) is -7.15. The van der Waals surface area contributed by atoms with Crippen LogP contribution in [0.2, 0.25) is 0 Å². The molecule has 1 atom stereocenters. The highest BCUT2D eigenvalue weighted by Crippen LogP contribution is 2.40. The van der Waals surface area contributed by atoms with Gasteiger partial charge in [0.2, 0.25) is 19.7 Å². The second kappa shape index (κ2) is 16.2. The maximum absolute atomic E-state index is 12.8. The fourth-order valence-electron chi connectivity index (χ4n) is 6.55. The number of benzene rings is 4. The third-order valence-corrected chi connectivity index (χ3v) is 12.5. The van der Waals surface area contributed by atoms with E-state index in [1.54, 1.807) is 105 Å². The monoisotopic (exact) mass is 730 g/mol. The first-order valence-electron chi connectivity index (χ1n) is 17.0. The maximum Gasteiger partial charge on any atom is 0.331 e. The smallest absolute Gasteiger partial charge is 0.331 e. The minimum Gasteiger partial charge on any atom is -0.466 e. The molecule has 6 rings (SSSR count). The molecule has 2 aliphatic rings. The summed E-state index contributed by atoms with van der Waals surface area (Å²) in [4.78, 5) is 24.6. The first-order valence-corrected chi connectivity index (χ1v) is 20.0. The first-order chi connectivity index (χ1) is 24.4. The van der Waals surface area contributed by atoms with Gasteiger partial charge in [0, 0.05) is 6.08 Å². The molecule has 0 aliphatic heterocycles. The highest BCUT2D eigenvalue weighted by atomic mass is 32.2. The van der Waals surface area contributed by atoms with Crippen molar-refractivity contribution in [2.75, 3.05) is 13.2 Å². The van der Waals surface area contributed by atoms with E-state index in [4.69, 9.17) is 9.47 Å². The Balaban J connectivity index is 0.000000198. The normalized spacial score (nSPS) is 17.7. The van der Waals surface area contributed by atoms with Gasteiger partial charge < -0.3 is 14.6 Å². The topological polar surface area (TPSA) is 141 Å². The molecule has 0 heterocycles. The molecule has 268 valence electrons. The number of carbonyl (C=O) groups is 2. The van der Waals surface area contributed by atoms with Gasteiger partial charge in [-0.15, -0.1) is 0 Å². The van der Waals surface area contributed by atoms with Gasteiger partial charge in [-0.2, -0.15) is 0 Å². The van der Waals surface area contributed by atoms with Crippen molar-refractivity contribution in [3.8, 4) is 0 Å². The number of hydrogen-bond donors (Lipinski definition) is 1. The predicted molar refractivity (Wildman–Crippen MR) is 192 cm³/mol. The molecule has 0 fully saturated rings. The third kappa shape index (κ3) is 8.66. The van der Waals surface area contributed by atoms with Crippen LogP contribution in [-0.2, 0) is 57.2 Å². The molecule has 0 bridgehead atoms. The Morgan fingerprint density at radius 2 is 1.24 bits per heavy atom. The summed E-state index contributed by atoms with van der Waals surface area (Å²) >= 11 is 0. The molecule has 1 unspecified atom stereocenters.